The van der Waals surface area contributed by atoms with Crippen molar-refractivity contribution in [2.45, 2.75) is 19.8 Å². The number of hydrogen-bond acceptors (Lipinski definition) is 2. The molecule has 0 heterocycles. The molecule has 0 radical (unpaired) electrons. The van der Waals surface area contributed by atoms with Gasteiger partial charge in [0, 0.05) is 17.8 Å². The third-order valence-corrected chi connectivity index (χ3v) is 2.01. The zero-order valence-electron chi connectivity index (χ0n) is 8.42. The molecule has 3 nitrogen and oxygen atoms in total. The number of primary amides is 1. The van der Waals surface area contributed by atoms with E-state index in [-0.39, 0.29) is 5.91 Å². The molecule has 0 atom stereocenters. The average Bonchev–Trinajstić information content (AvgIpc) is 2.19. The van der Waals surface area contributed by atoms with Gasteiger partial charge in [-0.2, -0.15) is 0 Å². The van der Waals surface area contributed by atoms with Crippen molar-refractivity contribution < 1.29 is 4.79 Å². The number of anilines is 1. The van der Waals surface area contributed by atoms with E-state index < -0.39 is 0 Å². The van der Waals surface area contributed by atoms with Gasteiger partial charge in [0.25, 0.3) is 0 Å². The van der Waals surface area contributed by atoms with Crippen LogP contribution in [0.2, 0.25) is 0 Å². The van der Waals surface area contributed by atoms with Crippen LogP contribution in [0.3, 0.4) is 0 Å². The molecule has 1 aromatic rings. The quantitative estimate of drug-likeness (QED) is 0.701. The van der Waals surface area contributed by atoms with Gasteiger partial charge in [-0.25, -0.2) is 0 Å². The fraction of sp³-hybridized carbons (Fsp3) is 0.364. The Balaban J connectivity index is 2.59. The molecule has 0 unspecified atom stereocenters. The van der Waals surface area contributed by atoms with Gasteiger partial charge in [0.2, 0.25) is 5.91 Å². The summed E-state index contributed by atoms with van der Waals surface area (Å²) in [6, 6.07) is 7.25. The number of unbranched alkanes of at least 4 members (excludes halogenated alkanes) is 1. The van der Waals surface area contributed by atoms with Gasteiger partial charge >= 0.3 is 0 Å². The summed E-state index contributed by atoms with van der Waals surface area (Å²) in [7, 11) is 0. The van der Waals surface area contributed by atoms with Gasteiger partial charge in [0.05, 0.1) is 0 Å². The standard InChI is InChI=1S/C11H16N2O/c1-2-3-7-13-10-6-4-5-9(8-10)11(12)14/h4-6,8,13H,2-3,7H2,1H3,(H2,12,14). The highest BCUT2D eigenvalue weighted by Crippen LogP contribution is 2.10. The lowest BCUT2D eigenvalue weighted by Gasteiger charge is -2.05. The Morgan fingerprint density at radius 3 is 2.93 bits per heavy atom. The molecular weight excluding hydrogens is 176 g/mol. The van der Waals surface area contributed by atoms with Crippen LogP contribution in [0.1, 0.15) is 30.1 Å². The van der Waals surface area contributed by atoms with E-state index in [2.05, 4.69) is 12.2 Å². The van der Waals surface area contributed by atoms with E-state index in [1.807, 2.05) is 12.1 Å². The summed E-state index contributed by atoms with van der Waals surface area (Å²) in [5.74, 6) is -0.385. The molecule has 0 saturated heterocycles. The fourth-order valence-corrected chi connectivity index (χ4v) is 1.19. The predicted molar refractivity (Wildman–Crippen MR) is 58.4 cm³/mol. The Labute approximate surface area is 84.3 Å². The minimum atomic E-state index is -0.385. The second-order valence-corrected chi connectivity index (χ2v) is 3.23. The first-order chi connectivity index (χ1) is 6.74. The molecule has 0 fully saturated rings. The van der Waals surface area contributed by atoms with Crippen LogP contribution in [0.5, 0.6) is 0 Å². The first-order valence-electron chi connectivity index (χ1n) is 4.87. The van der Waals surface area contributed by atoms with E-state index in [0.29, 0.717) is 5.56 Å². The summed E-state index contributed by atoms with van der Waals surface area (Å²) in [6.07, 6.45) is 2.28. The minimum absolute atomic E-state index is 0.385. The van der Waals surface area contributed by atoms with Crippen LogP contribution in [-0.2, 0) is 0 Å². The maximum atomic E-state index is 10.9. The van der Waals surface area contributed by atoms with Crippen molar-refractivity contribution in [3.63, 3.8) is 0 Å². The Kier molecular flexibility index (Phi) is 3.98. The molecule has 1 amide bonds. The summed E-state index contributed by atoms with van der Waals surface area (Å²) >= 11 is 0. The molecule has 0 aliphatic heterocycles. The van der Waals surface area contributed by atoms with Gasteiger partial charge in [0.1, 0.15) is 0 Å². The van der Waals surface area contributed by atoms with Crippen molar-refractivity contribution in [1.82, 2.24) is 0 Å². The lowest BCUT2D eigenvalue weighted by molar-refractivity contribution is 0.100. The fourth-order valence-electron chi connectivity index (χ4n) is 1.19. The zero-order valence-corrected chi connectivity index (χ0v) is 8.42. The van der Waals surface area contributed by atoms with Crippen LogP contribution in [-0.4, -0.2) is 12.5 Å². The van der Waals surface area contributed by atoms with Crippen LogP contribution >= 0.6 is 0 Å². The zero-order chi connectivity index (χ0) is 10.4. The summed E-state index contributed by atoms with van der Waals surface area (Å²) in [5.41, 5.74) is 6.67. The van der Waals surface area contributed by atoms with Gasteiger partial charge in [-0.3, -0.25) is 4.79 Å². The van der Waals surface area contributed by atoms with E-state index in [9.17, 15) is 4.79 Å². The smallest absolute Gasteiger partial charge is 0.248 e. The van der Waals surface area contributed by atoms with E-state index >= 15 is 0 Å². The van der Waals surface area contributed by atoms with Crippen molar-refractivity contribution in [1.29, 1.82) is 0 Å². The molecule has 0 aliphatic rings. The normalized spacial score (nSPS) is 9.79. The maximum Gasteiger partial charge on any atom is 0.248 e. The van der Waals surface area contributed by atoms with E-state index in [1.54, 1.807) is 12.1 Å². The molecule has 14 heavy (non-hydrogen) atoms. The van der Waals surface area contributed by atoms with Crippen LogP contribution in [0.4, 0.5) is 5.69 Å². The van der Waals surface area contributed by atoms with E-state index in [1.165, 1.54) is 0 Å². The summed E-state index contributed by atoms with van der Waals surface area (Å²) < 4.78 is 0. The second-order valence-electron chi connectivity index (χ2n) is 3.23. The number of hydrogen-bond donors (Lipinski definition) is 2. The van der Waals surface area contributed by atoms with E-state index in [4.69, 9.17) is 5.73 Å². The van der Waals surface area contributed by atoms with Gasteiger partial charge < -0.3 is 11.1 Å². The third kappa shape index (κ3) is 3.09. The molecule has 1 rings (SSSR count). The monoisotopic (exact) mass is 192 g/mol. The highest BCUT2D eigenvalue weighted by Gasteiger charge is 1.99. The van der Waals surface area contributed by atoms with Gasteiger partial charge in [-0.15, -0.1) is 0 Å². The molecule has 0 aliphatic carbocycles. The molecule has 76 valence electrons. The lowest BCUT2D eigenvalue weighted by Crippen LogP contribution is -2.11. The number of benzene rings is 1. The highest BCUT2D eigenvalue weighted by atomic mass is 16.1. The summed E-state index contributed by atoms with van der Waals surface area (Å²) in [6.45, 7) is 3.07. The molecule has 1 aromatic carbocycles. The lowest BCUT2D eigenvalue weighted by atomic mass is 10.2. The Morgan fingerprint density at radius 2 is 2.29 bits per heavy atom. The van der Waals surface area contributed by atoms with Crippen molar-refractivity contribution >= 4 is 11.6 Å². The van der Waals surface area contributed by atoms with Crippen LogP contribution in [0.25, 0.3) is 0 Å². The Morgan fingerprint density at radius 1 is 1.50 bits per heavy atom. The van der Waals surface area contributed by atoms with Crippen molar-refractivity contribution in [3.8, 4) is 0 Å². The molecule has 0 spiro atoms. The SMILES string of the molecule is CCCCNc1cccc(C(N)=O)c1. The van der Waals surface area contributed by atoms with Crippen molar-refractivity contribution in [3.05, 3.63) is 29.8 Å². The predicted octanol–water partition coefficient (Wildman–Crippen LogP) is 2.00. The van der Waals surface area contributed by atoms with Crippen LogP contribution < -0.4 is 11.1 Å². The van der Waals surface area contributed by atoms with Gasteiger partial charge in [0.15, 0.2) is 0 Å². The van der Waals surface area contributed by atoms with Crippen molar-refractivity contribution in [2.75, 3.05) is 11.9 Å². The number of nitrogens with one attached hydrogen (secondary N) is 1. The average molecular weight is 192 g/mol. The third-order valence-electron chi connectivity index (χ3n) is 2.01. The van der Waals surface area contributed by atoms with Crippen LogP contribution in [0.15, 0.2) is 24.3 Å². The first kappa shape index (κ1) is 10.6. The van der Waals surface area contributed by atoms with Gasteiger partial charge in [-0.05, 0) is 24.6 Å². The topological polar surface area (TPSA) is 55.1 Å². The summed E-state index contributed by atoms with van der Waals surface area (Å²) in [4.78, 5) is 10.9. The first-order valence-corrected chi connectivity index (χ1v) is 4.87. The number of nitrogens with two attached hydrogens (primary N) is 1. The molecule has 0 bridgehead atoms. The maximum absolute atomic E-state index is 10.9. The molecule has 3 heteroatoms. The molecule has 0 aromatic heterocycles. The number of amides is 1. The molecule has 3 N–H and O–H groups in total. The second kappa shape index (κ2) is 5.27. The molecular formula is C11H16N2O. The minimum Gasteiger partial charge on any atom is -0.385 e. The highest BCUT2D eigenvalue weighted by molar-refractivity contribution is 5.93. The van der Waals surface area contributed by atoms with Crippen molar-refractivity contribution in [2.24, 2.45) is 5.73 Å². The molecule has 0 saturated carbocycles. The van der Waals surface area contributed by atoms with Crippen LogP contribution in [0, 0.1) is 0 Å². The van der Waals surface area contributed by atoms with Gasteiger partial charge in [-0.1, -0.05) is 19.4 Å². The largest absolute Gasteiger partial charge is 0.385 e. The Hall–Kier alpha value is -1.51. The number of rotatable bonds is 5. The Bertz CT molecular complexity index is 310. The summed E-state index contributed by atoms with van der Waals surface area (Å²) in [5, 5.41) is 3.23. The number of carbonyl (C=O) groups excluding carboxylic acids is 1. The number of carbonyl (C=O) groups is 1. The van der Waals surface area contributed by atoms with E-state index in [0.717, 1.165) is 25.1 Å².